The topological polar surface area (TPSA) is 81.8 Å². The molecular weight excluding hydrogens is 298 g/mol. The summed E-state index contributed by atoms with van der Waals surface area (Å²) in [6.07, 6.45) is 0. The quantitative estimate of drug-likeness (QED) is 0.817. The van der Waals surface area contributed by atoms with Crippen molar-refractivity contribution >= 4 is 28.2 Å². The Labute approximate surface area is 123 Å². The van der Waals surface area contributed by atoms with E-state index in [0.717, 1.165) is 20.6 Å². The molecule has 20 heavy (non-hydrogen) atoms. The van der Waals surface area contributed by atoms with Crippen LogP contribution >= 0.6 is 23.1 Å². The number of nitrogens with one attached hydrogen (secondary N) is 1. The van der Waals surface area contributed by atoms with Gasteiger partial charge in [0.25, 0.3) is 5.56 Å². The van der Waals surface area contributed by atoms with Crippen LogP contribution in [0.3, 0.4) is 0 Å². The standard InChI is InChI=1S/C11H15N5O2S2/c1-4-12-9-13-14-10(20-9)19-6-7-5-8(17)16(3)11(18)15(7)2/h5H,4,6H2,1-3H3,(H,12,13). The average molecular weight is 313 g/mol. The van der Waals surface area contributed by atoms with E-state index in [0.29, 0.717) is 11.4 Å². The molecule has 0 aliphatic rings. The second-order valence-electron chi connectivity index (χ2n) is 4.07. The summed E-state index contributed by atoms with van der Waals surface area (Å²) >= 11 is 2.91. The van der Waals surface area contributed by atoms with E-state index >= 15 is 0 Å². The van der Waals surface area contributed by atoms with Gasteiger partial charge in [-0.1, -0.05) is 23.1 Å². The largest absolute Gasteiger partial charge is 0.360 e. The van der Waals surface area contributed by atoms with Crippen molar-refractivity contribution in [2.75, 3.05) is 11.9 Å². The summed E-state index contributed by atoms with van der Waals surface area (Å²) in [4.78, 5) is 23.4. The number of anilines is 1. The van der Waals surface area contributed by atoms with E-state index in [1.807, 2.05) is 6.92 Å². The van der Waals surface area contributed by atoms with Crippen LogP contribution in [0.5, 0.6) is 0 Å². The van der Waals surface area contributed by atoms with Crippen molar-refractivity contribution < 1.29 is 0 Å². The number of aromatic nitrogens is 4. The van der Waals surface area contributed by atoms with Gasteiger partial charge >= 0.3 is 5.69 Å². The minimum atomic E-state index is -0.321. The van der Waals surface area contributed by atoms with Gasteiger partial charge < -0.3 is 5.32 Å². The summed E-state index contributed by atoms with van der Waals surface area (Å²) in [6.45, 7) is 2.78. The molecule has 108 valence electrons. The maximum Gasteiger partial charge on any atom is 0.330 e. The lowest BCUT2D eigenvalue weighted by Gasteiger charge is -2.07. The van der Waals surface area contributed by atoms with Gasteiger partial charge in [0.15, 0.2) is 4.34 Å². The van der Waals surface area contributed by atoms with Crippen molar-refractivity contribution in [2.45, 2.75) is 17.0 Å². The number of nitrogens with zero attached hydrogens (tertiary/aromatic N) is 4. The van der Waals surface area contributed by atoms with E-state index in [-0.39, 0.29) is 11.2 Å². The normalized spacial score (nSPS) is 10.8. The Morgan fingerprint density at radius 1 is 1.30 bits per heavy atom. The van der Waals surface area contributed by atoms with Gasteiger partial charge in [0.2, 0.25) is 5.13 Å². The lowest BCUT2D eigenvalue weighted by atomic mass is 10.4. The van der Waals surface area contributed by atoms with Gasteiger partial charge in [-0.2, -0.15) is 0 Å². The molecule has 0 spiro atoms. The summed E-state index contributed by atoms with van der Waals surface area (Å²) in [5.41, 5.74) is 0.0521. The van der Waals surface area contributed by atoms with E-state index in [9.17, 15) is 9.59 Å². The molecule has 0 amide bonds. The van der Waals surface area contributed by atoms with Crippen molar-refractivity contribution in [1.29, 1.82) is 0 Å². The highest BCUT2D eigenvalue weighted by Crippen LogP contribution is 2.27. The fourth-order valence-corrected chi connectivity index (χ4v) is 3.38. The molecule has 7 nitrogen and oxygen atoms in total. The summed E-state index contributed by atoms with van der Waals surface area (Å²) in [5.74, 6) is 0.503. The van der Waals surface area contributed by atoms with Crippen LogP contribution in [-0.2, 0) is 19.8 Å². The molecular formula is C11H15N5O2S2. The highest BCUT2D eigenvalue weighted by atomic mass is 32.2. The molecule has 0 aliphatic heterocycles. The molecule has 9 heteroatoms. The Balaban J connectivity index is 2.14. The first kappa shape index (κ1) is 14.8. The molecule has 1 N–H and O–H groups in total. The lowest BCUT2D eigenvalue weighted by Crippen LogP contribution is -2.37. The van der Waals surface area contributed by atoms with Crippen molar-refractivity contribution in [2.24, 2.45) is 14.1 Å². The summed E-state index contributed by atoms with van der Waals surface area (Å²) < 4.78 is 3.36. The third-order valence-corrected chi connectivity index (χ3v) is 4.75. The zero-order chi connectivity index (χ0) is 14.7. The van der Waals surface area contributed by atoms with Crippen LogP contribution in [0.2, 0.25) is 0 Å². The van der Waals surface area contributed by atoms with Gasteiger partial charge in [0.05, 0.1) is 0 Å². The second kappa shape index (κ2) is 6.23. The van der Waals surface area contributed by atoms with Crippen LogP contribution in [0, 0.1) is 0 Å². The molecule has 0 saturated carbocycles. The van der Waals surface area contributed by atoms with Crippen LogP contribution in [0.15, 0.2) is 20.0 Å². The fraction of sp³-hybridized carbons (Fsp3) is 0.455. The average Bonchev–Trinajstić information content (AvgIpc) is 2.87. The molecule has 0 bridgehead atoms. The zero-order valence-electron chi connectivity index (χ0n) is 11.4. The molecule has 2 rings (SSSR count). The maximum absolute atomic E-state index is 11.8. The molecule has 0 aromatic carbocycles. The van der Waals surface area contributed by atoms with Crippen molar-refractivity contribution in [3.05, 3.63) is 32.6 Å². The number of rotatable bonds is 5. The van der Waals surface area contributed by atoms with Gasteiger partial charge in [-0.3, -0.25) is 13.9 Å². The lowest BCUT2D eigenvalue weighted by molar-refractivity contribution is 0.665. The monoisotopic (exact) mass is 313 g/mol. The Morgan fingerprint density at radius 3 is 2.75 bits per heavy atom. The van der Waals surface area contributed by atoms with Crippen LogP contribution in [0.1, 0.15) is 12.6 Å². The molecule has 2 aromatic rings. The Bertz CT molecular complexity index is 718. The van der Waals surface area contributed by atoms with E-state index < -0.39 is 0 Å². The minimum Gasteiger partial charge on any atom is -0.360 e. The first-order valence-electron chi connectivity index (χ1n) is 5.99. The Hall–Kier alpha value is -1.61. The molecule has 2 aromatic heterocycles. The van der Waals surface area contributed by atoms with Crippen molar-refractivity contribution in [1.82, 2.24) is 19.3 Å². The van der Waals surface area contributed by atoms with Crippen LogP contribution in [0.25, 0.3) is 0 Å². The number of thioether (sulfide) groups is 1. The molecule has 0 radical (unpaired) electrons. The van der Waals surface area contributed by atoms with Crippen LogP contribution in [-0.4, -0.2) is 25.9 Å². The van der Waals surface area contributed by atoms with Gasteiger partial charge in [-0.25, -0.2) is 4.79 Å². The van der Waals surface area contributed by atoms with Gasteiger partial charge in [-0.15, -0.1) is 10.2 Å². The number of hydrogen-bond acceptors (Lipinski definition) is 7. The van der Waals surface area contributed by atoms with Gasteiger partial charge in [0, 0.05) is 38.2 Å². The van der Waals surface area contributed by atoms with Crippen molar-refractivity contribution in [3.8, 4) is 0 Å². The molecule has 0 unspecified atom stereocenters. The van der Waals surface area contributed by atoms with Gasteiger partial charge in [0.1, 0.15) is 0 Å². The third-order valence-electron chi connectivity index (χ3n) is 2.70. The summed E-state index contributed by atoms with van der Waals surface area (Å²) in [7, 11) is 3.12. The first-order valence-corrected chi connectivity index (χ1v) is 7.79. The van der Waals surface area contributed by atoms with Crippen molar-refractivity contribution in [3.63, 3.8) is 0 Å². The highest BCUT2D eigenvalue weighted by Gasteiger charge is 2.09. The SMILES string of the molecule is CCNc1nnc(SCc2cc(=O)n(C)c(=O)n2C)s1. The first-order chi connectivity index (χ1) is 9.52. The fourth-order valence-electron chi connectivity index (χ4n) is 1.54. The van der Waals surface area contributed by atoms with E-state index in [2.05, 4.69) is 15.5 Å². The van der Waals surface area contributed by atoms with E-state index in [4.69, 9.17) is 0 Å². The van der Waals surface area contributed by atoms with Gasteiger partial charge in [-0.05, 0) is 6.92 Å². The number of hydrogen-bond donors (Lipinski definition) is 1. The van der Waals surface area contributed by atoms with Crippen LogP contribution in [0.4, 0.5) is 5.13 Å². The summed E-state index contributed by atoms with van der Waals surface area (Å²) in [6, 6.07) is 1.47. The Kier molecular flexibility index (Phi) is 4.61. The Morgan fingerprint density at radius 2 is 2.05 bits per heavy atom. The molecule has 0 saturated heterocycles. The zero-order valence-corrected chi connectivity index (χ0v) is 13.0. The minimum absolute atomic E-state index is 0.297. The smallest absolute Gasteiger partial charge is 0.330 e. The second-order valence-corrected chi connectivity index (χ2v) is 6.27. The molecule has 0 atom stereocenters. The maximum atomic E-state index is 11.8. The third kappa shape index (κ3) is 3.10. The van der Waals surface area contributed by atoms with E-state index in [1.165, 1.54) is 40.8 Å². The predicted octanol–water partition coefficient (Wildman–Crippen LogP) is 0.660. The molecule has 0 aliphatic carbocycles. The van der Waals surface area contributed by atoms with E-state index in [1.54, 1.807) is 7.05 Å². The molecule has 0 fully saturated rings. The summed E-state index contributed by atoms with van der Waals surface area (Å²) in [5, 5.41) is 11.9. The predicted molar refractivity (Wildman–Crippen MR) is 80.6 cm³/mol. The van der Waals surface area contributed by atoms with Crippen LogP contribution < -0.4 is 16.6 Å². The molecule has 2 heterocycles. The highest BCUT2D eigenvalue weighted by molar-refractivity contribution is 8.00.